The zero-order valence-electron chi connectivity index (χ0n) is 7.05. The summed E-state index contributed by atoms with van der Waals surface area (Å²) in [5.74, 6) is 0.456. The van der Waals surface area contributed by atoms with Crippen LogP contribution in [0.25, 0.3) is 0 Å². The summed E-state index contributed by atoms with van der Waals surface area (Å²) in [6.07, 6.45) is 2.05. The Morgan fingerprint density at radius 1 is 1.50 bits per heavy atom. The maximum absolute atomic E-state index is 10.4. The van der Waals surface area contributed by atoms with Crippen LogP contribution < -0.4 is 5.32 Å². The van der Waals surface area contributed by atoms with Gasteiger partial charge < -0.3 is 10.1 Å². The van der Waals surface area contributed by atoms with Crippen LogP contribution in [0.3, 0.4) is 0 Å². The first-order valence-electron chi connectivity index (χ1n) is 3.94. The Hall–Kier alpha value is -0.370. The van der Waals surface area contributed by atoms with Crippen molar-refractivity contribution in [3.05, 3.63) is 0 Å². The fourth-order valence-electron chi connectivity index (χ4n) is 0.873. The molecule has 0 unspecified atom stereocenters. The van der Waals surface area contributed by atoms with Crippen molar-refractivity contribution < 1.29 is 4.79 Å². The fourth-order valence-corrected chi connectivity index (χ4v) is 0.873. The third-order valence-electron chi connectivity index (χ3n) is 1.84. The van der Waals surface area contributed by atoms with Gasteiger partial charge in [0.1, 0.15) is 6.29 Å². The van der Waals surface area contributed by atoms with Crippen molar-refractivity contribution in [2.24, 2.45) is 5.92 Å². The number of rotatable bonds is 5. The van der Waals surface area contributed by atoms with Gasteiger partial charge in [0.05, 0.1) is 6.04 Å². The lowest BCUT2D eigenvalue weighted by Gasteiger charge is -2.16. The van der Waals surface area contributed by atoms with Crippen molar-refractivity contribution >= 4 is 6.29 Å². The number of likely N-dealkylation sites (N-methyl/N-ethyl adjacent to an activating group) is 1. The molecule has 0 aromatic heterocycles. The highest BCUT2D eigenvalue weighted by atomic mass is 16.1. The molecular weight excluding hydrogens is 126 g/mol. The van der Waals surface area contributed by atoms with Crippen molar-refractivity contribution in [2.45, 2.75) is 33.2 Å². The zero-order chi connectivity index (χ0) is 7.98. The molecule has 2 atom stereocenters. The highest BCUT2D eigenvalue weighted by Gasteiger charge is 2.11. The van der Waals surface area contributed by atoms with Gasteiger partial charge in [-0.05, 0) is 12.5 Å². The molecule has 0 aliphatic heterocycles. The monoisotopic (exact) mass is 143 g/mol. The van der Waals surface area contributed by atoms with Crippen LogP contribution in [0.2, 0.25) is 0 Å². The van der Waals surface area contributed by atoms with E-state index in [-0.39, 0.29) is 6.04 Å². The van der Waals surface area contributed by atoms with E-state index in [0.717, 1.165) is 19.3 Å². The number of nitrogens with one attached hydrogen (secondary N) is 1. The van der Waals surface area contributed by atoms with Gasteiger partial charge in [-0.25, -0.2) is 0 Å². The lowest BCUT2D eigenvalue weighted by Crippen LogP contribution is -2.35. The van der Waals surface area contributed by atoms with Crippen LogP contribution in [-0.2, 0) is 4.79 Å². The number of carbonyl (C=O) groups excluding carboxylic acids is 1. The van der Waals surface area contributed by atoms with Gasteiger partial charge in [-0.2, -0.15) is 0 Å². The molecule has 0 heterocycles. The van der Waals surface area contributed by atoms with Crippen molar-refractivity contribution in [2.75, 3.05) is 6.54 Å². The number of hydrogen-bond donors (Lipinski definition) is 1. The van der Waals surface area contributed by atoms with E-state index in [0.29, 0.717) is 5.92 Å². The predicted molar refractivity (Wildman–Crippen MR) is 43.0 cm³/mol. The average Bonchev–Trinajstić information content (AvgIpc) is 1.99. The first-order valence-corrected chi connectivity index (χ1v) is 3.94. The molecular formula is C8H17NO. The Morgan fingerprint density at radius 3 is 2.40 bits per heavy atom. The summed E-state index contributed by atoms with van der Waals surface area (Å²) in [6.45, 7) is 7.06. The standard InChI is InChI=1S/C8H17NO/c1-4-7(3)8(6-10)9-5-2/h6-9H,4-5H2,1-3H3/t7-,8-/m1/s1. The summed E-state index contributed by atoms with van der Waals surface area (Å²) in [5.41, 5.74) is 0. The third kappa shape index (κ3) is 2.97. The van der Waals surface area contributed by atoms with Gasteiger partial charge in [0, 0.05) is 0 Å². The molecule has 0 aliphatic rings. The Kier molecular flexibility index (Phi) is 5.22. The zero-order valence-corrected chi connectivity index (χ0v) is 7.05. The largest absolute Gasteiger partial charge is 0.308 e. The molecule has 0 saturated carbocycles. The molecule has 10 heavy (non-hydrogen) atoms. The van der Waals surface area contributed by atoms with Crippen LogP contribution in [0.1, 0.15) is 27.2 Å². The minimum absolute atomic E-state index is 0.0509. The van der Waals surface area contributed by atoms with Gasteiger partial charge >= 0.3 is 0 Å². The molecule has 0 aromatic carbocycles. The van der Waals surface area contributed by atoms with E-state index in [2.05, 4.69) is 19.2 Å². The van der Waals surface area contributed by atoms with Gasteiger partial charge in [-0.15, -0.1) is 0 Å². The van der Waals surface area contributed by atoms with Crippen LogP contribution in [0.15, 0.2) is 0 Å². The molecule has 2 nitrogen and oxygen atoms in total. The van der Waals surface area contributed by atoms with Crippen molar-refractivity contribution in [1.29, 1.82) is 0 Å². The molecule has 0 aliphatic carbocycles. The fraction of sp³-hybridized carbons (Fsp3) is 0.875. The second-order valence-corrected chi connectivity index (χ2v) is 2.61. The quantitative estimate of drug-likeness (QED) is 0.586. The normalized spacial score (nSPS) is 16.3. The van der Waals surface area contributed by atoms with Gasteiger partial charge in [0.2, 0.25) is 0 Å². The summed E-state index contributed by atoms with van der Waals surface area (Å²) in [5, 5.41) is 3.11. The molecule has 0 rings (SSSR count). The van der Waals surface area contributed by atoms with Gasteiger partial charge in [0.15, 0.2) is 0 Å². The van der Waals surface area contributed by atoms with E-state index in [9.17, 15) is 4.79 Å². The predicted octanol–water partition coefficient (Wildman–Crippen LogP) is 1.21. The van der Waals surface area contributed by atoms with Crippen LogP contribution >= 0.6 is 0 Å². The minimum Gasteiger partial charge on any atom is -0.308 e. The summed E-state index contributed by atoms with van der Waals surface area (Å²) < 4.78 is 0. The second-order valence-electron chi connectivity index (χ2n) is 2.61. The molecule has 2 heteroatoms. The van der Waals surface area contributed by atoms with Crippen molar-refractivity contribution in [1.82, 2.24) is 5.32 Å². The number of hydrogen-bond acceptors (Lipinski definition) is 2. The summed E-state index contributed by atoms with van der Waals surface area (Å²) in [6, 6.07) is 0.0509. The first-order chi connectivity index (χ1) is 4.76. The Bertz CT molecular complexity index is 93.3. The molecule has 0 spiro atoms. The summed E-state index contributed by atoms with van der Waals surface area (Å²) >= 11 is 0. The summed E-state index contributed by atoms with van der Waals surface area (Å²) in [4.78, 5) is 10.4. The Balaban J connectivity index is 3.67. The number of aldehydes is 1. The third-order valence-corrected chi connectivity index (χ3v) is 1.84. The highest BCUT2D eigenvalue weighted by molar-refractivity contribution is 5.57. The SMILES string of the molecule is CCN[C@H](C=O)[C@H](C)CC. The van der Waals surface area contributed by atoms with Crippen LogP contribution in [-0.4, -0.2) is 18.9 Å². The van der Waals surface area contributed by atoms with Crippen molar-refractivity contribution in [3.8, 4) is 0 Å². The van der Waals surface area contributed by atoms with Gasteiger partial charge in [0.25, 0.3) is 0 Å². The topological polar surface area (TPSA) is 29.1 Å². The maximum atomic E-state index is 10.4. The molecule has 0 amide bonds. The maximum Gasteiger partial charge on any atom is 0.137 e. The van der Waals surface area contributed by atoms with E-state index in [1.807, 2.05) is 6.92 Å². The van der Waals surface area contributed by atoms with E-state index in [1.165, 1.54) is 0 Å². The number of carbonyl (C=O) groups is 1. The van der Waals surface area contributed by atoms with Gasteiger partial charge in [-0.3, -0.25) is 0 Å². The van der Waals surface area contributed by atoms with E-state index in [1.54, 1.807) is 0 Å². The molecule has 60 valence electrons. The molecule has 0 saturated heterocycles. The first kappa shape index (κ1) is 9.63. The van der Waals surface area contributed by atoms with Crippen molar-refractivity contribution in [3.63, 3.8) is 0 Å². The Morgan fingerprint density at radius 2 is 2.10 bits per heavy atom. The smallest absolute Gasteiger partial charge is 0.137 e. The molecule has 0 aromatic rings. The highest BCUT2D eigenvalue weighted by Crippen LogP contribution is 2.04. The molecule has 0 fully saturated rings. The van der Waals surface area contributed by atoms with E-state index < -0.39 is 0 Å². The van der Waals surface area contributed by atoms with Crippen LogP contribution in [0.5, 0.6) is 0 Å². The molecule has 0 radical (unpaired) electrons. The lowest BCUT2D eigenvalue weighted by molar-refractivity contribution is -0.110. The lowest BCUT2D eigenvalue weighted by atomic mass is 10.0. The van der Waals surface area contributed by atoms with Gasteiger partial charge in [-0.1, -0.05) is 27.2 Å². The van der Waals surface area contributed by atoms with Crippen LogP contribution in [0, 0.1) is 5.92 Å². The Labute approximate surface area is 63.0 Å². The second kappa shape index (κ2) is 5.42. The minimum atomic E-state index is 0.0509. The van der Waals surface area contributed by atoms with Crippen LogP contribution in [0.4, 0.5) is 0 Å². The molecule has 1 N–H and O–H groups in total. The van der Waals surface area contributed by atoms with E-state index >= 15 is 0 Å². The average molecular weight is 143 g/mol. The van der Waals surface area contributed by atoms with E-state index in [4.69, 9.17) is 0 Å². The summed E-state index contributed by atoms with van der Waals surface area (Å²) in [7, 11) is 0. The molecule has 0 bridgehead atoms.